The molecule has 0 bridgehead atoms. The highest BCUT2D eigenvalue weighted by molar-refractivity contribution is 5.90. The fourth-order valence-corrected chi connectivity index (χ4v) is 1.84. The minimum atomic E-state index is -4.40. The van der Waals surface area contributed by atoms with Crippen molar-refractivity contribution in [2.45, 2.75) is 19.1 Å². The molecule has 0 aliphatic rings. The summed E-state index contributed by atoms with van der Waals surface area (Å²) in [6.45, 7) is 1.67. The van der Waals surface area contributed by atoms with Gasteiger partial charge >= 0.3 is 6.18 Å². The second kappa shape index (κ2) is 6.00. The van der Waals surface area contributed by atoms with Crippen molar-refractivity contribution < 1.29 is 18.0 Å². The standard InChI is InChI=1S/C14H13F3N4O/c1-8(9-3-2-4-10(5-9)14(15,16)17)20-12-7-19-6-11(21-12)13(18)22/h2-8H,1H3,(H2,18,22)(H,20,21). The lowest BCUT2D eigenvalue weighted by atomic mass is 10.0. The molecule has 3 N–H and O–H groups in total. The lowest BCUT2D eigenvalue weighted by Crippen LogP contribution is -2.16. The minimum absolute atomic E-state index is 0.0266. The Morgan fingerprint density at radius 2 is 2.05 bits per heavy atom. The van der Waals surface area contributed by atoms with Gasteiger partial charge in [-0.25, -0.2) is 4.98 Å². The maximum absolute atomic E-state index is 12.7. The van der Waals surface area contributed by atoms with Crippen LogP contribution in [0.25, 0.3) is 0 Å². The number of primary amides is 1. The molecule has 1 heterocycles. The number of halogens is 3. The van der Waals surface area contributed by atoms with E-state index < -0.39 is 23.7 Å². The van der Waals surface area contributed by atoms with Crippen LogP contribution in [0.15, 0.2) is 36.7 Å². The van der Waals surface area contributed by atoms with Gasteiger partial charge in [0, 0.05) is 0 Å². The highest BCUT2D eigenvalue weighted by Crippen LogP contribution is 2.31. The van der Waals surface area contributed by atoms with Crippen molar-refractivity contribution in [2.75, 3.05) is 5.32 Å². The number of anilines is 1. The SMILES string of the molecule is CC(Nc1cncc(C(N)=O)n1)c1cccc(C(F)(F)F)c1. The van der Waals surface area contributed by atoms with E-state index in [0.717, 1.165) is 12.1 Å². The summed E-state index contributed by atoms with van der Waals surface area (Å²) in [5.74, 6) is -0.482. The Bertz CT molecular complexity index is 688. The lowest BCUT2D eigenvalue weighted by Gasteiger charge is -2.16. The Labute approximate surface area is 124 Å². The molecule has 0 aliphatic carbocycles. The summed E-state index contributed by atoms with van der Waals surface area (Å²) in [6, 6.07) is 4.51. The topological polar surface area (TPSA) is 80.9 Å². The Kier molecular flexibility index (Phi) is 4.30. The molecule has 0 fully saturated rings. The summed E-state index contributed by atoms with van der Waals surface area (Å²) in [5, 5.41) is 2.88. The van der Waals surface area contributed by atoms with E-state index in [2.05, 4.69) is 15.3 Å². The number of benzene rings is 1. The van der Waals surface area contributed by atoms with Gasteiger partial charge in [-0.1, -0.05) is 12.1 Å². The number of nitrogens with two attached hydrogens (primary N) is 1. The van der Waals surface area contributed by atoms with Gasteiger partial charge in [0.1, 0.15) is 11.5 Å². The number of hydrogen-bond acceptors (Lipinski definition) is 4. The van der Waals surface area contributed by atoms with Gasteiger partial charge in [-0.2, -0.15) is 13.2 Å². The number of carbonyl (C=O) groups excluding carboxylic acids is 1. The van der Waals surface area contributed by atoms with Gasteiger partial charge in [-0.15, -0.1) is 0 Å². The molecule has 116 valence electrons. The van der Waals surface area contributed by atoms with E-state index in [1.807, 2.05) is 0 Å². The minimum Gasteiger partial charge on any atom is -0.364 e. The molecule has 2 rings (SSSR count). The van der Waals surface area contributed by atoms with Crippen molar-refractivity contribution in [1.29, 1.82) is 0 Å². The molecule has 1 atom stereocenters. The van der Waals surface area contributed by atoms with Crippen LogP contribution >= 0.6 is 0 Å². The monoisotopic (exact) mass is 310 g/mol. The van der Waals surface area contributed by atoms with Crippen LogP contribution in [-0.4, -0.2) is 15.9 Å². The molecule has 1 aromatic carbocycles. The third-order valence-corrected chi connectivity index (χ3v) is 2.97. The van der Waals surface area contributed by atoms with Crippen molar-refractivity contribution in [3.05, 3.63) is 53.5 Å². The number of nitrogens with zero attached hydrogens (tertiary/aromatic N) is 2. The third-order valence-electron chi connectivity index (χ3n) is 2.97. The largest absolute Gasteiger partial charge is 0.416 e. The Balaban J connectivity index is 2.20. The molecule has 0 radical (unpaired) electrons. The van der Waals surface area contributed by atoms with Crippen LogP contribution < -0.4 is 11.1 Å². The summed E-state index contributed by atoms with van der Waals surface area (Å²) in [6.07, 6.45) is -1.83. The summed E-state index contributed by atoms with van der Waals surface area (Å²) in [4.78, 5) is 18.8. The number of rotatable bonds is 4. The smallest absolute Gasteiger partial charge is 0.364 e. The number of alkyl halides is 3. The first-order valence-electron chi connectivity index (χ1n) is 6.33. The van der Waals surface area contributed by atoms with Crippen LogP contribution in [0.2, 0.25) is 0 Å². The van der Waals surface area contributed by atoms with Crippen LogP contribution in [0.3, 0.4) is 0 Å². The first-order valence-corrected chi connectivity index (χ1v) is 6.33. The van der Waals surface area contributed by atoms with Gasteiger partial charge in [0.2, 0.25) is 0 Å². The third kappa shape index (κ3) is 3.72. The zero-order valence-electron chi connectivity index (χ0n) is 11.6. The number of carbonyl (C=O) groups is 1. The van der Waals surface area contributed by atoms with Crippen LogP contribution in [0.1, 0.15) is 34.6 Å². The molecule has 0 spiro atoms. The summed E-state index contributed by atoms with van der Waals surface area (Å²) in [5.41, 5.74) is 4.78. The van der Waals surface area contributed by atoms with Gasteiger partial charge in [0.05, 0.1) is 24.0 Å². The zero-order valence-corrected chi connectivity index (χ0v) is 11.6. The van der Waals surface area contributed by atoms with Gasteiger partial charge in [0.15, 0.2) is 0 Å². The average molecular weight is 310 g/mol. The van der Waals surface area contributed by atoms with E-state index in [-0.39, 0.29) is 11.5 Å². The van der Waals surface area contributed by atoms with Crippen LogP contribution in [0, 0.1) is 0 Å². The maximum Gasteiger partial charge on any atom is 0.416 e. The fourth-order valence-electron chi connectivity index (χ4n) is 1.84. The van der Waals surface area contributed by atoms with Crippen molar-refractivity contribution in [3.8, 4) is 0 Å². The van der Waals surface area contributed by atoms with Gasteiger partial charge in [-0.05, 0) is 24.6 Å². The molecular weight excluding hydrogens is 297 g/mol. The van der Waals surface area contributed by atoms with Crippen molar-refractivity contribution in [2.24, 2.45) is 5.73 Å². The van der Waals surface area contributed by atoms with Crippen LogP contribution in [0.4, 0.5) is 19.0 Å². The Hall–Kier alpha value is -2.64. The van der Waals surface area contributed by atoms with Crippen molar-refractivity contribution >= 4 is 11.7 Å². The van der Waals surface area contributed by atoms with E-state index in [1.165, 1.54) is 18.5 Å². The quantitative estimate of drug-likeness (QED) is 0.910. The first-order chi connectivity index (χ1) is 10.3. The predicted molar refractivity (Wildman–Crippen MR) is 74.0 cm³/mol. The zero-order chi connectivity index (χ0) is 16.3. The maximum atomic E-state index is 12.7. The molecule has 1 amide bonds. The second-order valence-electron chi connectivity index (χ2n) is 4.64. The number of nitrogens with one attached hydrogen (secondary N) is 1. The Morgan fingerprint density at radius 3 is 2.68 bits per heavy atom. The van der Waals surface area contributed by atoms with E-state index in [0.29, 0.717) is 5.56 Å². The van der Waals surface area contributed by atoms with Gasteiger partial charge < -0.3 is 11.1 Å². The first kappa shape index (κ1) is 15.7. The molecule has 1 aromatic heterocycles. The lowest BCUT2D eigenvalue weighted by molar-refractivity contribution is -0.137. The number of hydrogen-bond donors (Lipinski definition) is 2. The molecule has 5 nitrogen and oxygen atoms in total. The fraction of sp³-hybridized carbons (Fsp3) is 0.214. The summed E-state index contributed by atoms with van der Waals surface area (Å²) in [7, 11) is 0. The average Bonchev–Trinajstić information content (AvgIpc) is 2.46. The molecule has 0 aliphatic heterocycles. The van der Waals surface area contributed by atoms with Gasteiger partial charge in [-0.3, -0.25) is 9.78 Å². The molecule has 1 unspecified atom stereocenters. The van der Waals surface area contributed by atoms with E-state index in [9.17, 15) is 18.0 Å². The van der Waals surface area contributed by atoms with E-state index >= 15 is 0 Å². The highest BCUT2D eigenvalue weighted by Gasteiger charge is 2.30. The number of amides is 1. The van der Waals surface area contributed by atoms with Crippen LogP contribution in [0.5, 0.6) is 0 Å². The molecule has 0 saturated carbocycles. The molecule has 2 aromatic rings. The second-order valence-corrected chi connectivity index (χ2v) is 4.64. The van der Waals surface area contributed by atoms with Gasteiger partial charge in [0.25, 0.3) is 5.91 Å². The normalized spacial score (nSPS) is 12.7. The molecule has 22 heavy (non-hydrogen) atoms. The highest BCUT2D eigenvalue weighted by atomic mass is 19.4. The van der Waals surface area contributed by atoms with Crippen molar-refractivity contribution in [3.63, 3.8) is 0 Å². The molecule has 8 heteroatoms. The molecular formula is C14H13F3N4O. The molecule has 0 saturated heterocycles. The van der Waals surface area contributed by atoms with E-state index in [4.69, 9.17) is 5.73 Å². The van der Waals surface area contributed by atoms with E-state index in [1.54, 1.807) is 13.0 Å². The summed E-state index contributed by atoms with van der Waals surface area (Å²) < 4.78 is 38.1. The Morgan fingerprint density at radius 1 is 1.32 bits per heavy atom. The van der Waals surface area contributed by atoms with Crippen molar-refractivity contribution in [1.82, 2.24) is 9.97 Å². The van der Waals surface area contributed by atoms with Crippen LogP contribution in [-0.2, 0) is 6.18 Å². The summed E-state index contributed by atoms with van der Waals surface area (Å²) >= 11 is 0. The number of aromatic nitrogens is 2. The predicted octanol–water partition coefficient (Wildman–Crippen LogP) is 2.77.